The fourth-order valence-corrected chi connectivity index (χ4v) is 1.52. The minimum atomic E-state index is 0.0106. The highest BCUT2D eigenvalue weighted by Crippen LogP contribution is 2.29. The molecule has 14 heavy (non-hydrogen) atoms. The van der Waals surface area contributed by atoms with Gasteiger partial charge in [-0.25, -0.2) is 0 Å². The van der Waals surface area contributed by atoms with E-state index in [-0.39, 0.29) is 6.61 Å². The molecule has 0 aromatic heterocycles. The molecule has 0 saturated carbocycles. The summed E-state index contributed by atoms with van der Waals surface area (Å²) in [5.41, 5.74) is 1.90. The van der Waals surface area contributed by atoms with E-state index < -0.39 is 0 Å². The van der Waals surface area contributed by atoms with Gasteiger partial charge in [0.25, 0.3) is 0 Å². The number of hydrogen-bond donors (Lipinski definition) is 1. The van der Waals surface area contributed by atoms with E-state index in [9.17, 15) is 5.11 Å². The fraction of sp³-hybridized carbons (Fsp3) is 0.455. The second kappa shape index (κ2) is 4.86. The highest BCUT2D eigenvalue weighted by atomic mass is 16.5. The topological polar surface area (TPSA) is 38.7 Å². The number of rotatable bonds is 4. The number of methoxy groups -OCH3 is 2. The molecular weight excluding hydrogens is 180 g/mol. The molecule has 0 amide bonds. The molecule has 0 aliphatic carbocycles. The van der Waals surface area contributed by atoms with Crippen LogP contribution in [0.15, 0.2) is 12.1 Å². The van der Waals surface area contributed by atoms with Crippen molar-refractivity contribution in [1.82, 2.24) is 0 Å². The van der Waals surface area contributed by atoms with Crippen molar-refractivity contribution in [1.29, 1.82) is 0 Å². The zero-order chi connectivity index (χ0) is 10.6. The largest absolute Gasteiger partial charge is 0.497 e. The summed E-state index contributed by atoms with van der Waals surface area (Å²) in [5.74, 6) is 1.49. The predicted molar refractivity (Wildman–Crippen MR) is 54.8 cm³/mol. The Hall–Kier alpha value is -1.22. The molecule has 1 aromatic rings. The van der Waals surface area contributed by atoms with Crippen LogP contribution in [0, 0.1) is 0 Å². The molecule has 3 heteroatoms. The Morgan fingerprint density at radius 2 is 1.93 bits per heavy atom. The highest BCUT2D eigenvalue weighted by molar-refractivity contribution is 5.46. The van der Waals surface area contributed by atoms with Crippen LogP contribution in [0.2, 0.25) is 0 Å². The third kappa shape index (κ3) is 1.99. The summed E-state index contributed by atoms with van der Waals surface area (Å²) in [6, 6.07) is 3.67. The van der Waals surface area contributed by atoms with Crippen LogP contribution in [0.25, 0.3) is 0 Å². The lowest BCUT2D eigenvalue weighted by Gasteiger charge is -2.13. The van der Waals surface area contributed by atoms with E-state index >= 15 is 0 Å². The molecule has 3 nitrogen and oxygen atoms in total. The molecule has 0 bridgehead atoms. The van der Waals surface area contributed by atoms with Crippen LogP contribution in [0.1, 0.15) is 18.1 Å². The number of benzene rings is 1. The van der Waals surface area contributed by atoms with Gasteiger partial charge in [-0.05, 0) is 23.6 Å². The molecule has 0 aliphatic rings. The first-order valence-corrected chi connectivity index (χ1v) is 4.61. The summed E-state index contributed by atoms with van der Waals surface area (Å²) in [6.07, 6.45) is 0.836. The average molecular weight is 196 g/mol. The lowest BCUT2D eigenvalue weighted by Crippen LogP contribution is -1.98. The third-order valence-corrected chi connectivity index (χ3v) is 2.25. The van der Waals surface area contributed by atoms with E-state index in [4.69, 9.17) is 9.47 Å². The van der Waals surface area contributed by atoms with Gasteiger partial charge >= 0.3 is 0 Å². The molecule has 0 unspecified atom stereocenters. The monoisotopic (exact) mass is 196 g/mol. The SMILES string of the molecule is CCc1c(CO)cc(OC)cc1OC. The fourth-order valence-electron chi connectivity index (χ4n) is 1.52. The number of hydrogen-bond acceptors (Lipinski definition) is 3. The van der Waals surface area contributed by atoms with Crippen molar-refractivity contribution in [2.45, 2.75) is 20.0 Å². The van der Waals surface area contributed by atoms with Crippen LogP contribution in [-0.4, -0.2) is 19.3 Å². The zero-order valence-electron chi connectivity index (χ0n) is 8.83. The average Bonchev–Trinajstić information content (AvgIpc) is 2.26. The maximum Gasteiger partial charge on any atom is 0.126 e. The van der Waals surface area contributed by atoms with Crippen LogP contribution in [-0.2, 0) is 13.0 Å². The minimum absolute atomic E-state index is 0.0106. The summed E-state index contributed by atoms with van der Waals surface area (Å²) in [5, 5.41) is 9.18. The molecule has 0 spiro atoms. The summed E-state index contributed by atoms with van der Waals surface area (Å²) in [4.78, 5) is 0. The summed E-state index contributed by atoms with van der Waals surface area (Å²) in [7, 11) is 3.22. The Morgan fingerprint density at radius 3 is 2.36 bits per heavy atom. The molecular formula is C11H16O3. The van der Waals surface area contributed by atoms with Gasteiger partial charge < -0.3 is 14.6 Å². The van der Waals surface area contributed by atoms with Gasteiger partial charge in [-0.2, -0.15) is 0 Å². The maximum absolute atomic E-state index is 9.18. The Morgan fingerprint density at radius 1 is 1.21 bits per heavy atom. The van der Waals surface area contributed by atoms with E-state index in [0.29, 0.717) is 5.75 Å². The zero-order valence-corrected chi connectivity index (χ0v) is 8.83. The second-order valence-corrected chi connectivity index (χ2v) is 2.98. The van der Waals surface area contributed by atoms with E-state index in [0.717, 1.165) is 23.3 Å². The van der Waals surface area contributed by atoms with E-state index in [1.807, 2.05) is 19.1 Å². The lowest BCUT2D eigenvalue weighted by molar-refractivity contribution is 0.278. The number of ether oxygens (including phenoxy) is 2. The van der Waals surface area contributed by atoms with Gasteiger partial charge in [-0.1, -0.05) is 6.92 Å². The Bertz CT molecular complexity index is 282. The molecule has 0 saturated heterocycles. The first-order valence-electron chi connectivity index (χ1n) is 4.61. The molecule has 1 N–H and O–H groups in total. The van der Waals surface area contributed by atoms with Crippen LogP contribution in [0.4, 0.5) is 0 Å². The first kappa shape index (κ1) is 10.9. The van der Waals surface area contributed by atoms with E-state index in [1.54, 1.807) is 14.2 Å². The maximum atomic E-state index is 9.18. The van der Waals surface area contributed by atoms with Gasteiger partial charge in [0.15, 0.2) is 0 Å². The number of aliphatic hydroxyl groups excluding tert-OH is 1. The van der Waals surface area contributed by atoms with Crippen molar-refractivity contribution < 1.29 is 14.6 Å². The summed E-state index contributed by atoms with van der Waals surface area (Å²) >= 11 is 0. The summed E-state index contributed by atoms with van der Waals surface area (Å²) < 4.78 is 10.3. The van der Waals surface area contributed by atoms with Crippen molar-refractivity contribution in [3.63, 3.8) is 0 Å². The lowest BCUT2D eigenvalue weighted by atomic mass is 10.0. The highest BCUT2D eigenvalue weighted by Gasteiger charge is 2.09. The minimum Gasteiger partial charge on any atom is -0.497 e. The van der Waals surface area contributed by atoms with Gasteiger partial charge in [-0.15, -0.1) is 0 Å². The van der Waals surface area contributed by atoms with Crippen molar-refractivity contribution in [2.75, 3.05) is 14.2 Å². The van der Waals surface area contributed by atoms with Gasteiger partial charge in [0, 0.05) is 6.07 Å². The first-order chi connectivity index (χ1) is 6.76. The second-order valence-electron chi connectivity index (χ2n) is 2.98. The van der Waals surface area contributed by atoms with Crippen LogP contribution < -0.4 is 9.47 Å². The molecule has 1 rings (SSSR count). The predicted octanol–water partition coefficient (Wildman–Crippen LogP) is 1.76. The summed E-state index contributed by atoms with van der Waals surface area (Å²) in [6.45, 7) is 2.04. The molecule has 0 radical (unpaired) electrons. The van der Waals surface area contributed by atoms with Gasteiger partial charge in [0.1, 0.15) is 11.5 Å². The quantitative estimate of drug-likeness (QED) is 0.797. The van der Waals surface area contributed by atoms with Gasteiger partial charge in [0.05, 0.1) is 20.8 Å². The molecule has 0 heterocycles. The van der Waals surface area contributed by atoms with E-state index in [1.165, 1.54) is 0 Å². The normalized spacial score (nSPS) is 10.0. The van der Waals surface area contributed by atoms with Gasteiger partial charge in [-0.3, -0.25) is 0 Å². The van der Waals surface area contributed by atoms with Crippen molar-refractivity contribution in [2.24, 2.45) is 0 Å². The van der Waals surface area contributed by atoms with Gasteiger partial charge in [0.2, 0.25) is 0 Å². The standard InChI is InChI=1S/C11H16O3/c1-4-10-8(7-12)5-9(13-2)6-11(10)14-3/h5-6,12H,4,7H2,1-3H3. The van der Waals surface area contributed by atoms with Crippen molar-refractivity contribution in [3.05, 3.63) is 23.3 Å². The Balaban J connectivity index is 3.24. The van der Waals surface area contributed by atoms with Crippen molar-refractivity contribution >= 4 is 0 Å². The molecule has 1 aromatic carbocycles. The molecule has 0 atom stereocenters. The van der Waals surface area contributed by atoms with Crippen LogP contribution >= 0.6 is 0 Å². The van der Waals surface area contributed by atoms with E-state index in [2.05, 4.69) is 0 Å². The molecule has 0 aliphatic heterocycles. The van der Waals surface area contributed by atoms with Crippen LogP contribution in [0.5, 0.6) is 11.5 Å². The Labute approximate surface area is 84.3 Å². The van der Waals surface area contributed by atoms with Crippen molar-refractivity contribution in [3.8, 4) is 11.5 Å². The van der Waals surface area contributed by atoms with Crippen LogP contribution in [0.3, 0.4) is 0 Å². The molecule has 0 fully saturated rings. The smallest absolute Gasteiger partial charge is 0.126 e. The third-order valence-electron chi connectivity index (χ3n) is 2.25. The molecule has 78 valence electrons. The Kier molecular flexibility index (Phi) is 3.77. The number of aliphatic hydroxyl groups is 1.